The summed E-state index contributed by atoms with van der Waals surface area (Å²) >= 11 is 0. The summed E-state index contributed by atoms with van der Waals surface area (Å²) in [5, 5.41) is 16.5. The summed E-state index contributed by atoms with van der Waals surface area (Å²) in [4.78, 5) is 35.5. The number of aromatic nitrogens is 3. The Morgan fingerprint density at radius 2 is 1.74 bits per heavy atom. The smallest absolute Gasteiger partial charge is 0.274 e. The first kappa shape index (κ1) is 20.3. The van der Waals surface area contributed by atoms with Gasteiger partial charge >= 0.3 is 0 Å². The fraction of sp³-hybridized carbons (Fsp3) is 0.227. The summed E-state index contributed by atoms with van der Waals surface area (Å²) in [5.74, 6) is -0.839. The van der Waals surface area contributed by atoms with Crippen molar-refractivity contribution in [1.29, 1.82) is 0 Å². The van der Waals surface area contributed by atoms with Crippen LogP contribution < -0.4 is 16.0 Å². The molecule has 1 saturated carbocycles. The quantitative estimate of drug-likeness (QED) is 0.542. The van der Waals surface area contributed by atoms with E-state index in [2.05, 4.69) is 26.3 Å². The van der Waals surface area contributed by atoms with Gasteiger partial charge in [0.05, 0.1) is 12.2 Å². The molecule has 0 aliphatic heterocycles. The third kappa shape index (κ3) is 4.95. The fourth-order valence-electron chi connectivity index (χ4n) is 3.05. The van der Waals surface area contributed by atoms with Gasteiger partial charge in [0.2, 0.25) is 11.8 Å². The lowest BCUT2D eigenvalue weighted by Gasteiger charge is -2.10. The molecule has 4 rings (SSSR count). The fourth-order valence-corrected chi connectivity index (χ4v) is 3.05. The van der Waals surface area contributed by atoms with Gasteiger partial charge in [0.15, 0.2) is 5.69 Å². The number of carbonyl (C=O) groups excluding carboxylic acids is 3. The van der Waals surface area contributed by atoms with Crippen LogP contribution in [-0.4, -0.2) is 45.3 Å². The average Bonchev–Trinajstić information content (AvgIpc) is 3.47. The third-order valence-corrected chi connectivity index (χ3v) is 4.74. The SMILES string of the molecule is CC(=O)NCC(=O)Nc1ccc(-n2nnc(C(=O)NC3CC3)c2-c2ccccc2)cc1. The molecule has 158 valence electrons. The molecule has 1 fully saturated rings. The van der Waals surface area contributed by atoms with Crippen molar-refractivity contribution in [2.24, 2.45) is 0 Å². The van der Waals surface area contributed by atoms with E-state index in [-0.39, 0.29) is 36.0 Å². The van der Waals surface area contributed by atoms with E-state index >= 15 is 0 Å². The predicted molar refractivity (Wildman–Crippen MR) is 115 cm³/mol. The Morgan fingerprint density at radius 3 is 2.39 bits per heavy atom. The number of hydrogen-bond donors (Lipinski definition) is 3. The largest absolute Gasteiger partial charge is 0.348 e. The van der Waals surface area contributed by atoms with Crippen LogP contribution in [0.3, 0.4) is 0 Å². The van der Waals surface area contributed by atoms with Gasteiger partial charge in [-0.2, -0.15) is 0 Å². The van der Waals surface area contributed by atoms with Gasteiger partial charge in [0.1, 0.15) is 5.69 Å². The Hall–Kier alpha value is -4.01. The molecule has 0 atom stereocenters. The number of rotatable bonds is 7. The molecule has 1 heterocycles. The van der Waals surface area contributed by atoms with Gasteiger partial charge in [0.25, 0.3) is 5.91 Å². The van der Waals surface area contributed by atoms with Crippen LogP contribution in [-0.2, 0) is 9.59 Å². The zero-order valence-electron chi connectivity index (χ0n) is 17.0. The highest BCUT2D eigenvalue weighted by Crippen LogP contribution is 2.27. The molecule has 0 spiro atoms. The van der Waals surface area contributed by atoms with E-state index in [1.54, 1.807) is 28.9 Å². The van der Waals surface area contributed by atoms with Gasteiger partial charge in [-0.25, -0.2) is 4.68 Å². The van der Waals surface area contributed by atoms with Crippen molar-refractivity contribution < 1.29 is 14.4 Å². The standard InChI is InChI=1S/C22H22N6O3/c1-14(29)23-13-19(30)24-16-9-11-18(12-10-16)28-21(15-5-3-2-4-6-15)20(26-27-28)22(31)25-17-7-8-17/h2-6,9-12,17H,7-8,13H2,1H3,(H,23,29)(H,24,30)(H,25,31). The first-order valence-electron chi connectivity index (χ1n) is 9.98. The van der Waals surface area contributed by atoms with Crippen LogP contribution in [0, 0.1) is 0 Å². The molecule has 3 amide bonds. The third-order valence-electron chi connectivity index (χ3n) is 4.74. The maximum atomic E-state index is 12.7. The highest BCUT2D eigenvalue weighted by Gasteiger charge is 2.28. The molecule has 0 unspecified atom stereocenters. The Morgan fingerprint density at radius 1 is 1.03 bits per heavy atom. The van der Waals surface area contributed by atoms with Crippen LogP contribution >= 0.6 is 0 Å². The molecule has 2 aromatic carbocycles. The van der Waals surface area contributed by atoms with Crippen molar-refractivity contribution in [1.82, 2.24) is 25.6 Å². The average molecular weight is 418 g/mol. The van der Waals surface area contributed by atoms with Gasteiger partial charge < -0.3 is 16.0 Å². The maximum absolute atomic E-state index is 12.7. The van der Waals surface area contributed by atoms with E-state index in [0.29, 0.717) is 17.1 Å². The molecule has 0 bridgehead atoms. The number of anilines is 1. The Balaban J connectivity index is 1.60. The van der Waals surface area contributed by atoms with Crippen molar-refractivity contribution in [2.45, 2.75) is 25.8 Å². The Kier molecular flexibility index (Phi) is 5.74. The van der Waals surface area contributed by atoms with E-state index in [1.165, 1.54) is 6.92 Å². The van der Waals surface area contributed by atoms with Gasteiger partial charge in [-0.05, 0) is 37.1 Å². The summed E-state index contributed by atoms with van der Waals surface area (Å²) in [6.07, 6.45) is 1.96. The van der Waals surface area contributed by atoms with Gasteiger partial charge in [-0.1, -0.05) is 35.5 Å². The van der Waals surface area contributed by atoms with Crippen molar-refractivity contribution in [2.75, 3.05) is 11.9 Å². The monoisotopic (exact) mass is 418 g/mol. The summed E-state index contributed by atoms with van der Waals surface area (Å²) < 4.78 is 1.61. The van der Waals surface area contributed by atoms with E-state index in [1.807, 2.05) is 30.3 Å². The highest BCUT2D eigenvalue weighted by molar-refractivity contribution is 5.98. The number of benzene rings is 2. The minimum Gasteiger partial charge on any atom is -0.348 e. The van der Waals surface area contributed by atoms with Crippen LogP contribution in [0.25, 0.3) is 16.9 Å². The molecular weight excluding hydrogens is 396 g/mol. The second-order valence-corrected chi connectivity index (χ2v) is 7.32. The lowest BCUT2D eigenvalue weighted by Crippen LogP contribution is -2.31. The maximum Gasteiger partial charge on any atom is 0.274 e. The lowest BCUT2D eigenvalue weighted by molar-refractivity contribution is -0.122. The van der Waals surface area contributed by atoms with Crippen LogP contribution in [0.15, 0.2) is 54.6 Å². The predicted octanol–water partition coefficient (Wildman–Crippen LogP) is 1.90. The highest BCUT2D eigenvalue weighted by atomic mass is 16.2. The second-order valence-electron chi connectivity index (χ2n) is 7.32. The first-order chi connectivity index (χ1) is 15.0. The van der Waals surface area contributed by atoms with Crippen molar-refractivity contribution in [3.8, 4) is 16.9 Å². The van der Waals surface area contributed by atoms with Crippen molar-refractivity contribution in [3.05, 3.63) is 60.3 Å². The molecule has 1 aromatic heterocycles. The summed E-state index contributed by atoms with van der Waals surface area (Å²) in [6, 6.07) is 16.7. The summed E-state index contributed by atoms with van der Waals surface area (Å²) in [5.41, 5.74) is 2.96. The number of amides is 3. The minimum atomic E-state index is -0.326. The molecule has 9 nitrogen and oxygen atoms in total. The van der Waals surface area contributed by atoms with Gasteiger partial charge in [-0.3, -0.25) is 14.4 Å². The van der Waals surface area contributed by atoms with Crippen molar-refractivity contribution in [3.63, 3.8) is 0 Å². The minimum absolute atomic E-state index is 0.0994. The summed E-state index contributed by atoms with van der Waals surface area (Å²) in [6.45, 7) is 1.25. The molecule has 0 radical (unpaired) electrons. The normalized spacial score (nSPS) is 12.8. The lowest BCUT2D eigenvalue weighted by atomic mass is 10.1. The van der Waals surface area contributed by atoms with Gasteiger partial charge in [0, 0.05) is 24.2 Å². The van der Waals surface area contributed by atoms with Crippen LogP contribution in [0.4, 0.5) is 5.69 Å². The second kappa shape index (κ2) is 8.78. The molecule has 0 saturated heterocycles. The zero-order chi connectivity index (χ0) is 21.8. The molecule has 31 heavy (non-hydrogen) atoms. The number of hydrogen-bond acceptors (Lipinski definition) is 5. The first-order valence-corrected chi connectivity index (χ1v) is 9.98. The van der Waals surface area contributed by atoms with Crippen molar-refractivity contribution >= 4 is 23.4 Å². The van der Waals surface area contributed by atoms with E-state index in [0.717, 1.165) is 18.4 Å². The Labute approximate surface area is 178 Å². The van der Waals surface area contributed by atoms with Crippen LogP contribution in [0.2, 0.25) is 0 Å². The van der Waals surface area contributed by atoms with E-state index in [9.17, 15) is 14.4 Å². The van der Waals surface area contributed by atoms with E-state index in [4.69, 9.17) is 0 Å². The molecule has 1 aliphatic rings. The van der Waals surface area contributed by atoms with E-state index < -0.39 is 0 Å². The molecule has 9 heteroatoms. The topological polar surface area (TPSA) is 118 Å². The number of carbonyl (C=O) groups is 3. The van der Waals surface area contributed by atoms with Crippen LogP contribution in [0.1, 0.15) is 30.3 Å². The molecule has 1 aliphatic carbocycles. The van der Waals surface area contributed by atoms with Gasteiger partial charge in [-0.15, -0.1) is 5.10 Å². The zero-order valence-corrected chi connectivity index (χ0v) is 17.0. The molecule has 3 N–H and O–H groups in total. The molecule has 3 aromatic rings. The van der Waals surface area contributed by atoms with Crippen LogP contribution in [0.5, 0.6) is 0 Å². The Bertz CT molecular complexity index is 1100. The number of nitrogens with zero attached hydrogens (tertiary/aromatic N) is 3. The molecular formula is C22H22N6O3. The number of nitrogens with one attached hydrogen (secondary N) is 3. The summed E-state index contributed by atoms with van der Waals surface area (Å²) in [7, 11) is 0.